The Balaban J connectivity index is 3.07. The monoisotopic (exact) mass is 159 g/mol. The number of hydrogen-bond acceptors (Lipinski definition) is 4. The fourth-order valence-electron chi connectivity index (χ4n) is 0.336. The molecule has 0 heterocycles. The molecule has 0 aliphatic carbocycles. The van der Waals surface area contributed by atoms with Crippen molar-refractivity contribution in [1.82, 2.24) is 5.48 Å². The molecule has 0 aliphatic heterocycles. The summed E-state index contributed by atoms with van der Waals surface area (Å²) in [5.41, 5.74) is 1.94. The molecule has 5 heteroatoms. The lowest BCUT2D eigenvalue weighted by Crippen LogP contribution is -2.16. The first-order valence-electron chi connectivity index (χ1n) is 2.91. The van der Waals surface area contributed by atoms with Crippen LogP contribution in [0.3, 0.4) is 0 Å². The molecule has 0 fully saturated rings. The molecule has 0 radical (unpaired) electrons. The molecule has 0 bridgehead atoms. The SMILES string of the molecule is C=CC(=O)OCCONC=O. The average Bonchev–Trinajstić information content (AvgIpc) is 2.04. The number of amides is 1. The largest absolute Gasteiger partial charge is 0.460 e. The van der Waals surface area contributed by atoms with Crippen molar-refractivity contribution in [2.75, 3.05) is 13.2 Å². The van der Waals surface area contributed by atoms with Gasteiger partial charge in [0.05, 0.1) is 0 Å². The molecule has 0 aliphatic rings. The molecular formula is C6H9NO4. The predicted octanol–water partition coefficient (Wildman–Crippen LogP) is -0.607. The number of nitrogens with one attached hydrogen (secondary N) is 1. The first-order chi connectivity index (χ1) is 5.31. The third kappa shape index (κ3) is 6.53. The van der Waals surface area contributed by atoms with Crippen LogP contribution in [0.15, 0.2) is 12.7 Å². The highest BCUT2D eigenvalue weighted by atomic mass is 16.7. The second kappa shape index (κ2) is 6.76. The molecule has 0 rings (SSSR count). The van der Waals surface area contributed by atoms with Crippen LogP contribution >= 0.6 is 0 Å². The van der Waals surface area contributed by atoms with E-state index in [0.717, 1.165) is 6.08 Å². The van der Waals surface area contributed by atoms with Crippen LogP contribution < -0.4 is 5.48 Å². The quantitative estimate of drug-likeness (QED) is 0.185. The molecule has 0 unspecified atom stereocenters. The normalized spacial score (nSPS) is 8.36. The van der Waals surface area contributed by atoms with Crippen LogP contribution in [0.2, 0.25) is 0 Å². The molecule has 0 aromatic rings. The summed E-state index contributed by atoms with van der Waals surface area (Å²) in [6.45, 7) is 3.40. The molecule has 0 saturated heterocycles. The van der Waals surface area contributed by atoms with Gasteiger partial charge in [-0.05, 0) is 0 Å². The van der Waals surface area contributed by atoms with E-state index in [4.69, 9.17) is 0 Å². The molecule has 62 valence electrons. The lowest BCUT2D eigenvalue weighted by molar-refractivity contribution is -0.140. The van der Waals surface area contributed by atoms with Crippen molar-refractivity contribution in [2.45, 2.75) is 0 Å². The van der Waals surface area contributed by atoms with Crippen LogP contribution in [-0.2, 0) is 19.2 Å². The lowest BCUT2D eigenvalue weighted by atomic mass is 10.6. The summed E-state index contributed by atoms with van der Waals surface area (Å²) in [6, 6.07) is 0. The third-order valence-corrected chi connectivity index (χ3v) is 0.728. The van der Waals surface area contributed by atoms with Crippen LogP contribution in [0.25, 0.3) is 0 Å². The van der Waals surface area contributed by atoms with E-state index in [1.165, 1.54) is 0 Å². The summed E-state index contributed by atoms with van der Waals surface area (Å²) in [5, 5.41) is 0. The maximum Gasteiger partial charge on any atom is 0.330 e. The highest BCUT2D eigenvalue weighted by Crippen LogP contribution is 1.78. The number of rotatable bonds is 6. The minimum absolute atomic E-state index is 0.0890. The van der Waals surface area contributed by atoms with Gasteiger partial charge in [0.25, 0.3) is 0 Å². The number of ether oxygens (including phenoxy) is 1. The summed E-state index contributed by atoms with van der Waals surface area (Å²) in [7, 11) is 0. The molecule has 1 N–H and O–H groups in total. The Kier molecular flexibility index (Phi) is 5.92. The molecule has 11 heavy (non-hydrogen) atoms. The Hall–Kier alpha value is -1.36. The summed E-state index contributed by atoms with van der Waals surface area (Å²) < 4.78 is 4.50. The zero-order valence-corrected chi connectivity index (χ0v) is 5.91. The molecule has 0 saturated carbocycles. The van der Waals surface area contributed by atoms with Crippen molar-refractivity contribution >= 4 is 12.4 Å². The van der Waals surface area contributed by atoms with Gasteiger partial charge in [-0.1, -0.05) is 6.58 Å². The van der Waals surface area contributed by atoms with E-state index in [1.807, 2.05) is 5.48 Å². The highest BCUT2D eigenvalue weighted by molar-refractivity contribution is 5.81. The van der Waals surface area contributed by atoms with Gasteiger partial charge in [0, 0.05) is 6.08 Å². The summed E-state index contributed by atoms with van der Waals surface area (Å²) in [4.78, 5) is 24.4. The number of hydrogen-bond donors (Lipinski definition) is 1. The molecule has 5 nitrogen and oxygen atoms in total. The van der Waals surface area contributed by atoms with Crippen LogP contribution in [0.5, 0.6) is 0 Å². The van der Waals surface area contributed by atoms with Crippen LogP contribution in [0, 0.1) is 0 Å². The zero-order chi connectivity index (χ0) is 8.53. The number of carbonyl (C=O) groups is 2. The van der Waals surface area contributed by atoms with Gasteiger partial charge in [0.2, 0.25) is 6.41 Å². The average molecular weight is 159 g/mol. The summed E-state index contributed by atoms with van der Waals surface area (Å²) in [6.07, 6.45) is 1.43. The van der Waals surface area contributed by atoms with E-state index < -0.39 is 5.97 Å². The maximum atomic E-state index is 10.4. The van der Waals surface area contributed by atoms with E-state index in [2.05, 4.69) is 16.2 Å². The van der Waals surface area contributed by atoms with E-state index >= 15 is 0 Å². The van der Waals surface area contributed by atoms with E-state index in [9.17, 15) is 9.59 Å². The molecular weight excluding hydrogens is 150 g/mol. The second-order valence-corrected chi connectivity index (χ2v) is 1.46. The van der Waals surface area contributed by atoms with Crippen LogP contribution in [-0.4, -0.2) is 25.6 Å². The minimum atomic E-state index is -0.514. The van der Waals surface area contributed by atoms with Crippen LogP contribution in [0.1, 0.15) is 0 Å². The Bertz CT molecular complexity index is 146. The van der Waals surface area contributed by atoms with Gasteiger partial charge in [0.15, 0.2) is 0 Å². The third-order valence-electron chi connectivity index (χ3n) is 0.728. The first-order valence-corrected chi connectivity index (χ1v) is 2.91. The lowest BCUT2D eigenvalue weighted by Gasteiger charge is -2.00. The van der Waals surface area contributed by atoms with Gasteiger partial charge in [-0.3, -0.25) is 9.63 Å². The Labute approximate surface area is 63.9 Å². The highest BCUT2D eigenvalue weighted by Gasteiger charge is 1.93. The van der Waals surface area contributed by atoms with Gasteiger partial charge < -0.3 is 4.74 Å². The number of carbonyl (C=O) groups excluding carboxylic acids is 2. The van der Waals surface area contributed by atoms with Gasteiger partial charge in [-0.25, -0.2) is 10.3 Å². The standard InChI is InChI=1S/C6H9NO4/c1-2-6(9)10-3-4-11-7-5-8/h2,5H,1,3-4H2,(H,7,8). The van der Waals surface area contributed by atoms with Crippen LogP contribution in [0.4, 0.5) is 0 Å². The molecule has 0 aromatic carbocycles. The van der Waals surface area contributed by atoms with E-state index in [-0.39, 0.29) is 13.2 Å². The van der Waals surface area contributed by atoms with Crippen molar-refractivity contribution in [2.24, 2.45) is 0 Å². The first kappa shape index (κ1) is 9.64. The fraction of sp³-hybridized carbons (Fsp3) is 0.333. The van der Waals surface area contributed by atoms with Gasteiger partial charge >= 0.3 is 5.97 Å². The molecule has 0 spiro atoms. The van der Waals surface area contributed by atoms with Crippen molar-refractivity contribution in [3.8, 4) is 0 Å². The van der Waals surface area contributed by atoms with E-state index in [1.54, 1.807) is 0 Å². The second-order valence-electron chi connectivity index (χ2n) is 1.46. The Morgan fingerprint density at radius 3 is 2.82 bits per heavy atom. The smallest absolute Gasteiger partial charge is 0.330 e. The summed E-state index contributed by atoms with van der Waals surface area (Å²) in [5.74, 6) is -0.514. The van der Waals surface area contributed by atoms with Crippen molar-refractivity contribution < 1.29 is 19.2 Å². The van der Waals surface area contributed by atoms with Gasteiger partial charge in [-0.2, -0.15) is 0 Å². The fourth-order valence-corrected chi connectivity index (χ4v) is 0.336. The van der Waals surface area contributed by atoms with Crippen molar-refractivity contribution in [3.05, 3.63) is 12.7 Å². The van der Waals surface area contributed by atoms with Gasteiger partial charge in [-0.15, -0.1) is 0 Å². The zero-order valence-electron chi connectivity index (χ0n) is 5.91. The summed E-state index contributed by atoms with van der Waals surface area (Å²) >= 11 is 0. The molecule has 0 atom stereocenters. The topological polar surface area (TPSA) is 64.6 Å². The molecule has 0 aromatic heterocycles. The maximum absolute atomic E-state index is 10.4. The number of hydroxylamine groups is 1. The van der Waals surface area contributed by atoms with Crippen molar-refractivity contribution in [3.63, 3.8) is 0 Å². The van der Waals surface area contributed by atoms with Gasteiger partial charge in [0.1, 0.15) is 13.2 Å². The van der Waals surface area contributed by atoms with Crippen molar-refractivity contribution in [1.29, 1.82) is 0 Å². The minimum Gasteiger partial charge on any atom is -0.460 e. The predicted molar refractivity (Wildman–Crippen MR) is 36.3 cm³/mol. The molecule has 1 amide bonds. The van der Waals surface area contributed by atoms with E-state index in [0.29, 0.717) is 6.41 Å². The number of esters is 1. The Morgan fingerprint density at radius 2 is 2.27 bits per heavy atom. The Morgan fingerprint density at radius 1 is 1.55 bits per heavy atom.